The quantitative estimate of drug-likeness (QED) is 0.880. The second kappa shape index (κ2) is 7.53. The first kappa shape index (κ1) is 20.4. The average Bonchev–Trinajstić information content (AvgIpc) is 2.38. The fourth-order valence-electron chi connectivity index (χ4n) is 2.19. The predicted molar refractivity (Wildman–Crippen MR) is 94.6 cm³/mol. The number of aryl methyl sites for hydroxylation is 2. The third kappa shape index (κ3) is 5.79. The maximum Gasteiger partial charge on any atom is 0.407 e. The van der Waals surface area contributed by atoms with Crippen LogP contribution in [0, 0.1) is 13.8 Å². The van der Waals surface area contributed by atoms with Gasteiger partial charge in [-0.15, -0.1) is 0 Å². The van der Waals surface area contributed by atoms with Gasteiger partial charge < -0.3 is 10.1 Å². The van der Waals surface area contributed by atoms with Crippen molar-refractivity contribution in [2.45, 2.75) is 58.1 Å². The van der Waals surface area contributed by atoms with E-state index in [1.807, 2.05) is 13.0 Å². The lowest BCUT2D eigenvalue weighted by Gasteiger charge is -2.25. The average molecular weight is 356 g/mol. The normalized spacial score (nSPS) is 13.7. The van der Waals surface area contributed by atoms with E-state index in [-0.39, 0.29) is 17.5 Å². The van der Waals surface area contributed by atoms with Crippen LogP contribution in [0.4, 0.5) is 4.79 Å². The van der Waals surface area contributed by atoms with E-state index >= 15 is 0 Å². The van der Waals surface area contributed by atoms with Crippen molar-refractivity contribution in [1.82, 2.24) is 9.62 Å². The van der Waals surface area contributed by atoms with Gasteiger partial charge in [-0.1, -0.05) is 12.1 Å². The van der Waals surface area contributed by atoms with Crippen LogP contribution in [0.15, 0.2) is 23.1 Å². The second-order valence-corrected chi connectivity index (χ2v) is 9.12. The second-order valence-electron chi connectivity index (χ2n) is 7.10. The highest BCUT2D eigenvalue weighted by Gasteiger charge is 2.25. The Labute approximate surface area is 145 Å². The predicted octanol–water partition coefficient (Wildman–Crippen LogP) is 2.84. The molecule has 0 saturated heterocycles. The summed E-state index contributed by atoms with van der Waals surface area (Å²) in [6.45, 7) is 10.8. The lowest BCUT2D eigenvalue weighted by Crippen LogP contribution is -2.44. The van der Waals surface area contributed by atoms with Crippen molar-refractivity contribution in [2.24, 2.45) is 0 Å². The maximum atomic E-state index is 12.7. The van der Waals surface area contributed by atoms with Crippen LogP contribution in [0.2, 0.25) is 0 Å². The topological polar surface area (TPSA) is 75.7 Å². The minimum Gasteiger partial charge on any atom is -0.444 e. The number of likely N-dealkylation sites (N-methyl/N-ethyl adjacent to an activating group) is 1. The van der Waals surface area contributed by atoms with Crippen molar-refractivity contribution in [3.05, 3.63) is 29.3 Å². The number of nitrogens with zero attached hydrogens (tertiary/aromatic N) is 1. The standard InChI is InChI=1S/C17H28N2O4S/c1-12-8-9-13(2)15(10-12)24(21,22)19(7)11-14(3)18-16(20)23-17(4,5)6/h8-10,14H,11H2,1-7H3,(H,18,20)/t14-/m0/s1. The monoisotopic (exact) mass is 356 g/mol. The Kier molecular flexibility index (Phi) is 6.41. The molecule has 0 spiro atoms. The van der Waals surface area contributed by atoms with Crippen LogP contribution < -0.4 is 5.32 Å². The van der Waals surface area contributed by atoms with Gasteiger partial charge in [0.25, 0.3) is 0 Å². The Morgan fingerprint density at radius 1 is 1.29 bits per heavy atom. The number of carbonyl (C=O) groups excluding carboxylic acids is 1. The number of hydrogen-bond acceptors (Lipinski definition) is 4. The van der Waals surface area contributed by atoms with E-state index in [0.717, 1.165) is 5.56 Å². The zero-order valence-corrected chi connectivity index (χ0v) is 16.3. The molecule has 0 heterocycles. The van der Waals surface area contributed by atoms with E-state index in [1.165, 1.54) is 11.4 Å². The number of ether oxygens (including phenoxy) is 1. The summed E-state index contributed by atoms with van der Waals surface area (Å²) in [5, 5.41) is 2.65. The molecule has 1 amide bonds. The summed E-state index contributed by atoms with van der Waals surface area (Å²) in [5.74, 6) is 0. The first-order valence-electron chi connectivity index (χ1n) is 7.86. The number of amides is 1. The first-order chi connectivity index (χ1) is 10.8. The van der Waals surface area contributed by atoms with E-state index < -0.39 is 21.7 Å². The lowest BCUT2D eigenvalue weighted by molar-refractivity contribution is 0.0504. The van der Waals surface area contributed by atoms with Crippen molar-refractivity contribution >= 4 is 16.1 Å². The molecule has 136 valence electrons. The largest absolute Gasteiger partial charge is 0.444 e. The van der Waals surface area contributed by atoms with E-state index in [0.29, 0.717) is 5.56 Å². The number of benzene rings is 1. The van der Waals surface area contributed by atoms with Crippen molar-refractivity contribution < 1.29 is 17.9 Å². The third-order valence-electron chi connectivity index (χ3n) is 3.33. The Morgan fingerprint density at radius 3 is 2.42 bits per heavy atom. The fraction of sp³-hybridized carbons (Fsp3) is 0.588. The summed E-state index contributed by atoms with van der Waals surface area (Å²) >= 11 is 0. The highest BCUT2D eigenvalue weighted by Crippen LogP contribution is 2.20. The fourth-order valence-corrected chi connectivity index (χ4v) is 3.76. The smallest absolute Gasteiger partial charge is 0.407 e. The van der Waals surface area contributed by atoms with Crippen molar-refractivity contribution in [2.75, 3.05) is 13.6 Å². The van der Waals surface area contributed by atoms with Gasteiger partial charge in [-0.3, -0.25) is 0 Å². The van der Waals surface area contributed by atoms with E-state index in [1.54, 1.807) is 46.8 Å². The van der Waals surface area contributed by atoms with Crippen LogP contribution in [-0.4, -0.2) is 44.1 Å². The summed E-state index contributed by atoms with van der Waals surface area (Å²) in [5.41, 5.74) is 0.980. The Bertz CT molecular complexity index is 693. The molecule has 0 aliphatic carbocycles. The molecule has 1 aromatic carbocycles. The van der Waals surface area contributed by atoms with Crippen LogP contribution >= 0.6 is 0 Å². The van der Waals surface area contributed by atoms with Crippen LogP contribution in [0.3, 0.4) is 0 Å². The highest BCUT2D eigenvalue weighted by atomic mass is 32.2. The van der Waals surface area contributed by atoms with Gasteiger partial charge in [0, 0.05) is 19.6 Å². The molecule has 0 bridgehead atoms. The first-order valence-corrected chi connectivity index (χ1v) is 9.30. The van der Waals surface area contributed by atoms with Gasteiger partial charge in [0.05, 0.1) is 4.90 Å². The molecule has 24 heavy (non-hydrogen) atoms. The Hall–Kier alpha value is -1.60. The molecule has 0 fully saturated rings. The van der Waals surface area contributed by atoms with Gasteiger partial charge in [0.2, 0.25) is 10.0 Å². The van der Waals surface area contributed by atoms with Gasteiger partial charge in [0.1, 0.15) is 5.60 Å². The molecule has 1 N–H and O–H groups in total. The Morgan fingerprint density at radius 2 is 1.88 bits per heavy atom. The molecule has 0 aromatic heterocycles. The number of carbonyl (C=O) groups is 1. The minimum atomic E-state index is -3.62. The molecule has 0 aliphatic rings. The minimum absolute atomic E-state index is 0.148. The van der Waals surface area contributed by atoms with E-state index in [2.05, 4.69) is 5.32 Å². The Balaban J connectivity index is 2.81. The molecule has 0 saturated carbocycles. The van der Waals surface area contributed by atoms with E-state index in [9.17, 15) is 13.2 Å². The summed E-state index contributed by atoms with van der Waals surface area (Å²) in [4.78, 5) is 12.1. The summed E-state index contributed by atoms with van der Waals surface area (Å²) in [6.07, 6.45) is -0.562. The highest BCUT2D eigenvalue weighted by molar-refractivity contribution is 7.89. The zero-order chi connectivity index (χ0) is 18.7. The molecule has 0 unspecified atom stereocenters. The molecular formula is C17H28N2O4S. The summed E-state index contributed by atoms with van der Waals surface area (Å²) in [6, 6.07) is 4.94. The number of rotatable bonds is 5. The van der Waals surface area contributed by atoms with Crippen molar-refractivity contribution in [3.8, 4) is 0 Å². The van der Waals surface area contributed by atoms with Gasteiger partial charge in [0.15, 0.2) is 0 Å². The lowest BCUT2D eigenvalue weighted by atomic mass is 10.2. The number of hydrogen-bond donors (Lipinski definition) is 1. The molecule has 6 nitrogen and oxygen atoms in total. The zero-order valence-electron chi connectivity index (χ0n) is 15.5. The van der Waals surface area contributed by atoms with Crippen LogP contribution in [0.5, 0.6) is 0 Å². The van der Waals surface area contributed by atoms with Gasteiger partial charge in [-0.2, -0.15) is 4.31 Å². The SMILES string of the molecule is Cc1ccc(C)c(S(=O)(=O)N(C)C[C@H](C)NC(=O)OC(C)(C)C)c1. The molecule has 0 radical (unpaired) electrons. The van der Waals surface area contributed by atoms with E-state index in [4.69, 9.17) is 4.74 Å². The van der Waals surface area contributed by atoms with Gasteiger partial charge >= 0.3 is 6.09 Å². The number of nitrogens with one attached hydrogen (secondary N) is 1. The molecular weight excluding hydrogens is 328 g/mol. The molecule has 1 rings (SSSR count). The van der Waals surface area contributed by atoms with Crippen LogP contribution in [-0.2, 0) is 14.8 Å². The number of alkyl carbamates (subject to hydrolysis) is 1. The number of sulfonamides is 1. The molecule has 0 aliphatic heterocycles. The third-order valence-corrected chi connectivity index (χ3v) is 5.29. The van der Waals surface area contributed by atoms with Crippen molar-refractivity contribution in [3.63, 3.8) is 0 Å². The molecule has 7 heteroatoms. The van der Waals surface area contributed by atoms with Gasteiger partial charge in [-0.25, -0.2) is 13.2 Å². The van der Waals surface area contributed by atoms with Crippen LogP contribution in [0.25, 0.3) is 0 Å². The summed E-state index contributed by atoms with van der Waals surface area (Å²) < 4.78 is 31.9. The maximum absolute atomic E-state index is 12.7. The van der Waals surface area contributed by atoms with Gasteiger partial charge in [-0.05, 0) is 58.7 Å². The van der Waals surface area contributed by atoms with Crippen LogP contribution in [0.1, 0.15) is 38.8 Å². The summed E-state index contributed by atoms with van der Waals surface area (Å²) in [7, 11) is -2.11. The molecule has 1 atom stereocenters. The van der Waals surface area contributed by atoms with Crippen molar-refractivity contribution in [1.29, 1.82) is 0 Å². The molecule has 1 aromatic rings.